The van der Waals surface area contributed by atoms with Crippen LogP contribution in [-0.2, 0) is 11.2 Å². The fourth-order valence-corrected chi connectivity index (χ4v) is 2.24. The minimum absolute atomic E-state index is 0.0700. The molecule has 0 spiro atoms. The molecular weight excluding hydrogens is 308 g/mol. The Morgan fingerprint density at radius 1 is 1.21 bits per heavy atom. The van der Waals surface area contributed by atoms with Crippen molar-refractivity contribution in [3.8, 4) is 0 Å². The standard InChI is InChI=1S/C18H22N2O4/c1-3-14(11-21)19-16(22)10-13-4-6-15(7-5-13)20-18(23)17-12(2)8-9-24-17/h4-9,14,21H,3,10-11H2,1-2H3,(H,19,22)(H,20,23). The number of aliphatic hydroxyl groups excluding tert-OH is 1. The Morgan fingerprint density at radius 3 is 2.46 bits per heavy atom. The van der Waals surface area contributed by atoms with Gasteiger partial charge in [0.2, 0.25) is 5.91 Å². The van der Waals surface area contributed by atoms with Gasteiger partial charge in [0.1, 0.15) is 0 Å². The van der Waals surface area contributed by atoms with Gasteiger partial charge in [-0.05, 0) is 37.1 Å². The summed E-state index contributed by atoms with van der Waals surface area (Å²) < 4.78 is 5.15. The van der Waals surface area contributed by atoms with Gasteiger partial charge in [0.25, 0.3) is 5.91 Å². The highest BCUT2D eigenvalue weighted by molar-refractivity contribution is 6.03. The SMILES string of the molecule is CCC(CO)NC(=O)Cc1ccc(NC(=O)c2occc2C)cc1. The second kappa shape index (κ2) is 8.31. The molecule has 1 heterocycles. The summed E-state index contributed by atoms with van der Waals surface area (Å²) in [4.78, 5) is 23.9. The van der Waals surface area contributed by atoms with E-state index < -0.39 is 0 Å². The summed E-state index contributed by atoms with van der Waals surface area (Å²) in [6.45, 7) is 3.63. The van der Waals surface area contributed by atoms with Crippen LogP contribution in [0.25, 0.3) is 0 Å². The van der Waals surface area contributed by atoms with Crippen LogP contribution in [0.4, 0.5) is 5.69 Å². The zero-order valence-corrected chi connectivity index (χ0v) is 13.8. The molecule has 24 heavy (non-hydrogen) atoms. The van der Waals surface area contributed by atoms with E-state index in [1.807, 2.05) is 6.92 Å². The molecule has 1 unspecified atom stereocenters. The summed E-state index contributed by atoms with van der Waals surface area (Å²) in [5.41, 5.74) is 2.23. The third-order valence-electron chi connectivity index (χ3n) is 3.72. The van der Waals surface area contributed by atoms with Gasteiger partial charge in [-0.2, -0.15) is 0 Å². The van der Waals surface area contributed by atoms with E-state index in [0.717, 1.165) is 11.1 Å². The van der Waals surface area contributed by atoms with Gasteiger partial charge < -0.3 is 20.2 Å². The number of hydrogen-bond acceptors (Lipinski definition) is 4. The van der Waals surface area contributed by atoms with Gasteiger partial charge in [0, 0.05) is 11.3 Å². The highest BCUT2D eigenvalue weighted by atomic mass is 16.3. The van der Waals surface area contributed by atoms with Gasteiger partial charge in [-0.3, -0.25) is 9.59 Å². The van der Waals surface area contributed by atoms with E-state index in [4.69, 9.17) is 9.52 Å². The van der Waals surface area contributed by atoms with Crippen LogP contribution in [0, 0.1) is 6.92 Å². The first kappa shape index (κ1) is 17.7. The molecule has 0 aliphatic heterocycles. The molecule has 6 nitrogen and oxygen atoms in total. The number of nitrogens with one attached hydrogen (secondary N) is 2. The molecule has 0 aliphatic carbocycles. The number of hydrogen-bond donors (Lipinski definition) is 3. The summed E-state index contributed by atoms with van der Waals surface area (Å²) >= 11 is 0. The van der Waals surface area contributed by atoms with Gasteiger partial charge in [0.15, 0.2) is 5.76 Å². The van der Waals surface area contributed by atoms with Gasteiger partial charge in [-0.15, -0.1) is 0 Å². The van der Waals surface area contributed by atoms with E-state index in [0.29, 0.717) is 12.1 Å². The fraction of sp³-hybridized carbons (Fsp3) is 0.333. The lowest BCUT2D eigenvalue weighted by molar-refractivity contribution is -0.121. The first-order valence-corrected chi connectivity index (χ1v) is 7.88. The highest BCUT2D eigenvalue weighted by Crippen LogP contribution is 2.14. The molecule has 6 heteroatoms. The van der Waals surface area contributed by atoms with Crippen molar-refractivity contribution >= 4 is 17.5 Å². The second-order valence-corrected chi connectivity index (χ2v) is 5.62. The smallest absolute Gasteiger partial charge is 0.291 e. The number of benzene rings is 1. The molecule has 1 atom stereocenters. The lowest BCUT2D eigenvalue weighted by Crippen LogP contribution is -2.37. The van der Waals surface area contributed by atoms with Gasteiger partial charge in [-0.1, -0.05) is 19.1 Å². The van der Waals surface area contributed by atoms with E-state index in [1.54, 1.807) is 37.3 Å². The van der Waals surface area contributed by atoms with Crippen LogP contribution in [0.2, 0.25) is 0 Å². The zero-order valence-electron chi connectivity index (χ0n) is 13.8. The maximum Gasteiger partial charge on any atom is 0.291 e. The van der Waals surface area contributed by atoms with E-state index in [9.17, 15) is 9.59 Å². The van der Waals surface area contributed by atoms with Crippen LogP contribution in [0.3, 0.4) is 0 Å². The summed E-state index contributed by atoms with van der Waals surface area (Å²) in [6, 6.07) is 8.55. The number of rotatable bonds is 7. The number of aliphatic hydroxyl groups is 1. The van der Waals surface area contributed by atoms with Crippen LogP contribution >= 0.6 is 0 Å². The largest absolute Gasteiger partial charge is 0.459 e. The Kier molecular flexibility index (Phi) is 6.14. The Morgan fingerprint density at radius 2 is 1.92 bits per heavy atom. The summed E-state index contributed by atoms with van der Waals surface area (Å²) in [5.74, 6) is -0.163. The third-order valence-corrected chi connectivity index (χ3v) is 3.72. The Bertz CT molecular complexity index is 687. The van der Waals surface area contributed by atoms with Gasteiger partial charge in [-0.25, -0.2) is 0 Å². The summed E-state index contributed by atoms with van der Waals surface area (Å²) in [7, 11) is 0. The van der Waals surface area contributed by atoms with Gasteiger partial charge >= 0.3 is 0 Å². The Labute approximate surface area is 140 Å². The molecule has 0 saturated heterocycles. The van der Waals surface area contributed by atoms with Crippen molar-refractivity contribution in [3.05, 3.63) is 53.5 Å². The number of furan rings is 1. The van der Waals surface area contributed by atoms with Crippen LogP contribution in [-0.4, -0.2) is 29.6 Å². The third kappa shape index (κ3) is 4.70. The van der Waals surface area contributed by atoms with Crippen molar-refractivity contribution in [1.29, 1.82) is 0 Å². The monoisotopic (exact) mass is 330 g/mol. The number of aryl methyl sites for hydroxylation is 1. The van der Waals surface area contributed by atoms with E-state index >= 15 is 0 Å². The zero-order chi connectivity index (χ0) is 17.5. The number of anilines is 1. The average Bonchev–Trinajstić information content (AvgIpc) is 3.00. The van der Waals surface area contributed by atoms with Crippen LogP contribution in [0.5, 0.6) is 0 Å². The molecule has 1 aromatic heterocycles. The molecule has 0 radical (unpaired) electrons. The molecular formula is C18H22N2O4. The van der Waals surface area contributed by atoms with E-state index in [1.165, 1.54) is 6.26 Å². The van der Waals surface area contributed by atoms with E-state index in [-0.39, 0.29) is 36.6 Å². The van der Waals surface area contributed by atoms with Crippen molar-refractivity contribution in [2.45, 2.75) is 32.7 Å². The second-order valence-electron chi connectivity index (χ2n) is 5.62. The maximum absolute atomic E-state index is 12.1. The molecule has 0 fully saturated rings. The molecule has 2 rings (SSSR count). The van der Waals surface area contributed by atoms with Crippen LogP contribution in [0.1, 0.15) is 35.0 Å². The van der Waals surface area contributed by atoms with E-state index in [2.05, 4.69) is 10.6 Å². The fourth-order valence-electron chi connectivity index (χ4n) is 2.24. The lowest BCUT2D eigenvalue weighted by Gasteiger charge is -2.14. The molecule has 0 aliphatic rings. The topological polar surface area (TPSA) is 91.6 Å². The first-order valence-electron chi connectivity index (χ1n) is 7.88. The highest BCUT2D eigenvalue weighted by Gasteiger charge is 2.13. The van der Waals surface area contributed by atoms with Crippen molar-refractivity contribution < 1.29 is 19.1 Å². The lowest BCUT2D eigenvalue weighted by atomic mass is 10.1. The number of amides is 2. The predicted molar refractivity (Wildman–Crippen MR) is 90.9 cm³/mol. The minimum atomic E-state index is -0.309. The van der Waals surface area contributed by atoms with Crippen molar-refractivity contribution in [3.63, 3.8) is 0 Å². The normalized spacial score (nSPS) is 11.8. The van der Waals surface area contributed by atoms with Crippen molar-refractivity contribution in [1.82, 2.24) is 5.32 Å². The number of carbonyl (C=O) groups excluding carboxylic acids is 2. The molecule has 0 saturated carbocycles. The average molecular weight is 330 g/mol. The maximum atomic E-state index is 12.1. The van der Waals surface area contributed by atoms with Crippen LogP contribution in [0.15, 0.2) is 41.0 Å². The molecule has 2 aromatic rings. The molecule has 1 aromatic carbocycles. The minimum Gasteiger partial charge on any atom is -0.459 e. The molecule has 3 N–H and O–H groups in total. The quantitative estimate of drug-likeness (QED) is 0.726. The number of carbonyl (C=O) groups is 2. The van der Waals surface area contributed by atoms with Gasteiger partial charge in [0.05, 0.1) is 25.3 Å². The molecule has 2 amide bonds. The van der Waals surface area contributed by atoms with Crippen LogP contribution < -0.4 is 10.6 Å². The predicted octanol–water partition coefficient (Wildman–Crippen LogP) is 2.27. The van der Waals surface area contributed by atoms with Crippen molar-refractivity contribution in [2.24, 2.45) is 0 Å². The molecule has 0 bridgehead atoms. The van der Waals surface area contributed by atoms with Crippen molar-refractivity contribution in [2.75, 3.05) is 11.9 Å². The summed E-state index contributed by atoms with van der Waals surface area (Å²) in [6.07, 6.45) is 2.38. The molecule has 128 valence electrons. The first-order chi connectivity index (χ1) is 11.5. The summed E-state index contributed by atoms with van der Waals surface area (Å²) in [5, 5.41) is 14.6. The Hall–Kier alpha value is -2.60. The Balaban J connectivity index is 1.92.